The summed E-state index contributed by atoms with van der Waals surface area (Å²) in [4.78, 5) is 0. The maximum absolute atomic E-state index is 6.03. The standard InChI is InChI=1S/C11H20B8N2O3S/c1-10(2)11(3,4)24-19(23-10)9-7-20-21(8-9)5-6-22-25(13)18-17-16-15-14-12/h7-8H,5-6,12H2,1-4H3. The van der Waals surface area contributed by atoms with E-state index < -0.39 is 17.0 Å². The van der Waals surface area contributed by atoms with Crippen molar-refractivity contribution >= 4 is 69.5 Å². The third-order valence-electron chi connectivity index (χ3n) is 4.35. The van der Waals surface area contributed by atoms with Gasteiger partial charge < -0.3 is 0 Å². The summed E-state index contributed by atoms with van der Waals surface area (Å²) < 4.78 is 19.4. The molecule has 0 atom stereocenters. The van der Waals surface area contributed by atoms with Gasteiger partial charge in [0.25, 0.3) is 0 Å². The van der Waals surface area contributed by atoms with Crippen molar-refractivity contribution in [3.05, 3.63) is 12.4 Å². The molecule has 2 rings (SSSR count). The monoisotopic (exact) mass is 348 g/mol. The molecule has 1 aromatic heterocycles. The van der Waals surface area contributed by atoms with Crippen molar-refractivity contribution in [2.45, 2.75) is 45.4 Å². The molecule has 2 heterocycles. The molecule has 1 saturated heterocycles. The van der Waals surface area contributed by atoms with E-state index in [1.54, 1.807) is 6.20 Å². The predicted molar refractivity (Wildman–Crippen MR) is 115 cm³/mol. The molecular formula is C11H20B8N2O3S. The fourth-order valence-electron chi connectivity index (χ4n) is 2.17. The van der Waals surface area contributed by atoms with Crippen LogP contribution in [-0.4, -0.2) is 81.8 Å². The molecule has 0 N–H and O–H groups in total. The normalized spacial score (nSPS) is 18.6. The summed E-state index contributed by atoms with van der Waals surface area (Å²) in [6.45, 7) is 22.8. The third-order valence-corrected chi connectivity index (χ3v) is 5.21. The minimum atomic E-state index is -0.699. The molecule has 0 unspecified atom stereocenters. The van der Waals surface area contributed by atoms with Crippen molar-refractivity contribution in [3.63, 3.8) is 0 Å². The van der Waals surface area contributed by atoms with Gasteiger partial charge in [-0.05, 0) is 0 Å². The van der Waals surface area contributed by atoms with Gasteiger partial charge in [0.05, 0.1) is 0 Å². The summed E-state index contributed by atoms with van der Waals surface area (Å²) in [6.07, 6.45) is 3.70. The van der Waals surface area contributed by atoms with Crippen LogP contribution in [0, 0.1) is 0 Å². The first-order valence-corrected chi connectivity index (χ1v) is 9.64. The van der Waals surface area contributed by atoms with Crippen LogP contribution in [0.15, 0.2) is 12.4 Å². The maximum atomic E-state index is 6.03. The Kier molecular flexibility index (Phi) is 7.74. The molecule has 25 heavy (non-hydrogen) atoms. The number of nitrogens with zero attached hydrogens (tertiary/aromatic N) is 2. The van der Waals surface area contributed by atoms with E-state index >= 15 is 0 Å². The van der Waals surface area contributed by atoms with Gasteiger partial charge in [0, 0.05) is 0 Å². The van der Waals surface area contributed by atoms with Crippen LogP contribution in [0.25, 0.3) is 0 Å². The van der Waals surface area contributed by atoms with Crippen LogP contribution in [0.3, 0.4) is 0 Å². The summed E-state index contributed by atoms with van der Waals surface area (Å²) in [5.74, 6) is 0. The van der Waals surface area contributed by atoms with Crippen molar-refractivity contribution < 1.29 is 13.5 Å². The minimum absolute atomic E-state index is 0.354. The van der Waals surface area contributed by atoms with Gasteiger partial charge in [0.2, 0.25) is 0 Å². The molecule has 0 aliphatic carbocycles. The van der Waals surface area contributed by atoms with Crippen molar-refractivity contribution in [2.75, 3.05) is 6.61 Å². The molecule has 1 aliphatic rings. The molecule has 0 bridgehead atoms. The van der Waals surface area contributed by atoms with Gasteiger partial charge in [0.1, 0.15) is 0 Å². The van der Waals surface area contributed by atoms with Crippen LogP contribution in [0.4, 0.5) is 0 Å². The molecule has 1 aliphatic heterocycles. The van der Waals surface area contributed by atoms with Crippen molar-refractivity contribution in [3.8, 4) is 0 Å². The Balaban J connectivity index is 1.86. The van der Waals surface area contributed by atoms with Crippen molar-refractivity contribution in [1.82, 2.24) is 9.78 Å². The molecule has 0 amide bonds. The quantitative estimate of drug-likeness (QED) is 0.565. The summed E-state index contributed by atoms with van der Waals surface area (Å²) in [7, 11) is 0.870. The van der Waals surface area contributed by atoms with Crippen LogP contribution in [0.2, 0.25) is 0 Å². The Morgan fingerprint density at radius 2 is 1.96 bits per heavy atom. The van der Waals surface area contributed by atoms with Crippen molar-refractivity contribution in [2.24, 2.45) is 0 Å². The van der Waals surface area contributed by atoms with E-state index in [9.17, 15) is 0 Å². The molecule has 0 radical (unpaired) electrons. The zero-order valence-corrected chi connectivity index (χ0v) is 16.5. The van der Waals surface area contributed by atoms with E-state index in [1.165, 1.54) is 0 Å². The topological polar surface area (TPSA) is 45.5 Å². The molecule has 1 aromatic rings. The SMILES string of the molecule is B#S(=BB=BB=BB)OCCn1cc(B2OC(C)(C)C(C)(C)O2)cn1. The zero-order chi connectivity index (χ0) is 18.5. The van der Waals surface area contributed by atoms with E-state index in [-0.39, 0.29) is 11.2 Å². The van der Waals surface area contributed by atoms with Crippen LogP contribution in [0.5, 0.6) is 0 Å². The summed E-state index contributed by atoms with van der Waals surface area (Å²) in [5.41, 5.74) is 0.200. The summed E-state index contributed by atoms with van der Waals surface area (Å²) in [6, 6.07) is 1.83. The van der Waals surface area contributed by atoms with Crippen LogP contribution < -0.4 is 5.46 Å². The van der Waals surface area contributed by atoms with Crippen LogP contribution in [-0.2, 0) is 20.0 Å². The van der Waals surface area contributed by atoms with E-state index in [4.69, 9.17) is 20.0 Å². The second kappa shape index (κ2) is 9.16. The number of hydrogen-bond acceptors (Lipinski definition) is 4. The Labute approximate surface area is 157 Å². The van der Waals surface area contributed by atoms with Crippen LogP contribution >= 0.6 is 9.84 Å². The Morgan fingerprint density at radius 1 is 1.28 bits per heavy atom. The Hall–Kier alpha value is -0.171. The van der Waals surface area contributed by atoms with Gasteiger partial charge in [0.15, 0.2) is 0 Å². The average Bonchev–Trinajstić information content (AvgIpc) is 3.07. The predicted octanol–water partition coefficient (Wildman–Crippen LogP) is -1.89. The van der Waals surface area contributed by atoms with Gasteiger partial charge in [-0.25, -0.2) is 0 Å². The summed E-state index contributed by atoms with van der Waals surface area (Å²) >= 11 is 0. The van der Waals surface area contributed by atoms with E-state index in [2.05, 4.69) is 5.10 Å². The van der Waals surface area contributed by atoms with Gasteiger partial charge in [-0.2, -0.15) is 0 Å². The molecular weight excluding hydrogens is 327 g/mol. The molecule has 0 aromatic carbocycles. The van der Waals surface area contributed by atoms with Gasteiger partial charge in [-0.15, -0.1) is 0 Å². The third kappa shape index (κ3) is 5.91. The van der Waals surface area contributed by atoms with Gasteiger partial charge >= 0.3 is 157 Å². The Bertz CT molecular complexity index is 772. The molecule has 122 valence electrons. The molecule has 14 heteroatoms. The number of hydrogen-bond donors (Lipinski definition) is 0. The molecule has 1 fully saturated rings. The fourth-order valence-corrected chi connectivity index (χ4v) is 2.76. The van der Waals surface area contributed by atoms with Crippen molar-refractivity contribution in [1.29, 1.82) is 0 Å². The second-order valence-electron chi connectivity index (χ2n) is 6.82. The fraction of sp³-hybridized carbons (Fsp3) is 0.727. The first-order valence-electron chi connectivity index (χ1n) is 8.37. The van der Waals surface area contributed by atoms with E-state index in [1.807, 2.05) is 79.1 Å². The van der Waals surface area contributed by atoms with Crippen LogP contribution in [0.1, 0.15) is 27.7 Å². The molecule has 0 spiro atoms. The van der Waals surface area contributed by atoms with Gasteiger partial charge in [-0.1, -0.05) is 0 Å². The molecule has 0 saturated carbocycles. The van der Waals surface area contributed by atoms with Gasteiger partial charge in [-0.3, -0.25) is 0 Å². The van der Waals surface area contributed by atoms with E-state index in [0.717, 1.165) is 5.46 Å². The van der Waals surface area contributed by atoms with E-state index in [0.29, 0.717) is 13.2 Å². The molecule has 5 nitrogen and oxygen atoms in total. The Morgan fingerprint density at radius 3 is 2.60 bits per heavy atom. The average molecular weight is 347 g/mol. The zero-order valence-electron chi connectivity index (χ0n) is 15.6. The summed E-state index contributed by atoms with van der Waals surface area (Å²) in [5, 5.41) is 4.35. The second-order valence-corrected chi connectivity index (χ2v) is 7.99. The first kappa shape index (κ1) is 21.1. The number of rotatable bonds is 6. The first-order chi connectivity index (χ1) is 11.7. The number of aromatic nitrogens is 2.